The van der Waals surface area contributed by atoms with Crippen LogP contribution < -0.4 is 20.9 Å². The zero-order valence-electron chi connectivity index (χ0n) is 10.2. The van der Waals surface area contributed by atoms with Gasteiger partial charge >= 0.3 is 0 Å². The van der Waals surface area contributed by atoms with Crippen molar-refractivity contribution in [3.8, 4) is 11.5 Å². The van der Waals surface area contributed by atoms with Crippen LogP contribution in [0.25, 0.3) is 0 Å². The van der Waals surface area contributed by atoms with Crippen molar-refractivity contribution >= 4 is 11.6 Å². The highest BCUT2D eigenvalue weighted by atomic mass is 16.5. The molecule has 1 amide bonds. The Balaban J connectivity index is 2.97. The summed E-state index contributed by atoms with van der Waals surface area (Å²) in [7, 11) is 1.50. The third kappa shape index (κ3) is 3.27. The summed E-state index contributed by atoms with van der Waals surface area (Å²) in [5.41, 5.74) is 11.4. The van der Waals surface area contributed by atoms with Crippen LogP contribution in [0.3, 0.4) is 0 Å². The second kappa shape index (κ2) is 5.98. The molecule has 0 saturated carbocycles. The number of rotatable bonds is 6. The van der Waals surface area contributed by atoms with E-state index in [9.17, 15) is 4.79 Å². The molecule has 0 spiro atoms. The van der Waals surface area contributed by atoms with E-state index in [1.807, 2.05) is 0 Å². The van der Waals surface area contributed by atoms with E-state index < -0.39 is 5.91 Å². The van der Waals surface area contributed by atoms with E-state index >= 15 is 0 Å². The topological polar surface area (TPSA) is 87.6 Å². The lowest BCUT2D eigenvalue weighted by Gasteiger charge is -2.12. The minimum Gasteiger partial charge on any atom is -0.493 e. The van der Waals surface area contributed by atoms with E-state index in [1.165, 1.54) is 13.2 Å². The summed E-state index contributed by atoms with van der Waals surface area (Å²) in [4.78, 5) is 11.1. The predicted octanol–water partition coefficient (Wildman–Crippen LogP) is 1.56. The predicted molar refractivity (Wildman–Crippen MR) is 66.3 cm³/mol. The second-order valence-corrected chi connectivity index (χ2v) is 3.66. The van der Waals surface area contributed by atoms with E-state index in [4.69, 9.17) is 20.9 Å². The van der Waals surface area contributed by atoms with Gasteiger partial charge in [0, 0.05) is 11.8 Å². The summed E-state index contributed by atoms with van der Waals surface area (Å²) in [6, 6.07) is 3.06. The molecule has 0 fully saturated rings. The Morgan fingerprint density at radius 1 is 1.35 bits per heavy atom. The highest BCUT2D eigenvalue weighted by Crippen LogP contribution is 2.32. The molecule has 0 atom stereocenters. The smallest absolute Gasteiger partial charge is 0.250 e. The fourth-order valence-electron chi connectivity index (χ4n) is 1.39. The van der Waals surface area contributed by atoms with Crippen LogP contribution in [-0.2, 0) is 0 Å². The zero-order chi connectivity index (χ0) is 12.8. The van der Waals surface area contributed by atoms with Crippen LogP contribution in [0, 0.1) is 0 Å². The summed E-state index contributed by atoms with van der Waals surface area (Å²) >= 11 is 0. The molecule has 0 unspecified atom stereocenters. The van der Waals surface area contributed by atoms with E-state index in [2.05, 4.69) is 6.92 Å². The molecule has 5 heteroatoms. The lowest BCUT2D eigenvalue weighted by atomic mass is 10.1. The Morgan fingerprint density at radius 2 is 2.06 bits per heavy atom. The molecule has 0 radical (unpaired) electrons. The van der Waals surface area contributed by atoms with Crippen molar-refractivity contribution in [1.82, 2.24) is 0 Å². The first-order valence-corrected chi connectivity index (χ1v) is 5.50. The third-order valence-corrected chi connectivity index (χ3v) is 2.36. The fourth-order valence-corrected chi connectivity index (χ4v) is 1.39. The number of ether oxygens (including phenoxy) is 2. The van der Waals surface area contributed by atoms with Crippen molar-refractivity contribution in [2.24, 2.45) is 5.73 Å². The minimum absolute atomic E-state index is 0.240. The van der Waals surface area contributed by atoms with Gasteiger partial charge in [-0.2, -0.15) is 0 Å². The Hall–Kier alpha value is -1.91. The Bertz CT molecular complexity index is 405. The van der Waals surface area contributed by atoms with Crippen molar-refractivity contribution in [3.63, 3.8) is 0 Å². The molecule has 1 rings (SSSR count). The molecule has 0 aliphatic rings. The maximum atomic E-state index is 11.1. The number of anilines is 1. The quantitative estimate of drug-likeness (QED) is 0.581. The second-order valence-electron chi connectivity index (χ2n) is 3.66. The van der Waals surface area contributed by atoms with Gasteiger partial charge in [-0.3, -0.25) is 4.79 Å². The van der Waals surface area contributed by atoms with E-state index in [1.54, 1.807) is 6.07 Å². The molecule has 5 nitrogen and oxygen atoms in total. The zero-order valence-corrected chi connectivity index (χ0v) is 10.2. The van der Waals surface area contributed by atoms with E-state index in [0.717, 1.165) is 12.8 Å². The number of primary amides is 1. The lowest BCUT2D eigenvalue weighted by molar-refractivity contribution is 0.100. The lowest BCUT2D eigenvalue weighted by Crippen LogP contribution is -2.14. The van der Waals surface area contributed by atoms with Gasteiger partial charge in [-0.15, -0.1) is 0 Å². The summed E-state index contributed by atoms with van der Waals surface area (Å²) in [6.07, 6.45) is 1.98. The number of benzene rings is 1. The summed E-state index contributed by atoms with van der Waals surface area (Å²) < 4.78 is 10.7. The summed E-state index contributed by atoms with van der Waals surface area (Å²) in [6.45, 7) is 2.66. The molecule has 1 aromatic carbocycles. The molecule has 1 aromatic rings. The van der Waals surface area contributed by atoms with Gasteiger partial charge in [0.15, 0.2) is 11.5 Å². The first-order valence-electron chi connectivity index (χ1n) is 5.50. The Kier molecular flexibility index (Phi) is 4.63. The molecule has 17 heavy (non-hydrogen) atoms. The summed E-state index contributed by atoms with van der Waals surface area (Å²) in [5.74, 6) is 0.411. The number of nitrogens with two attached hydrogens (primary N) is 2. The van der Waals surface area contributed by atoms with Gasteiger partial charge in [-0.05, 0) is 12.5 Å². The molecular weight excluding hydrogens is 220 g/mol. The maximum absolute atomic E-state index is 11.1. The molecule has 0 aromatic heterocycles. The van der Waals surface area contributed by atoms with E-state index in [-0.39, 0.29) is 5.56 Å². The van der Waals surface area contributed by atoms with Crippen molar-refractivity contribution in [2.45, 2.75) is 19.8 Å². The number of methoxy groups -OCH3 is 1. The van der Waals surface area contributed by atoms with Gasteiger partial charge in [-0.1, -0.05) is 13.3 Å². The fraction of sp³-hybridized carbons (Fsp3) is 0.417. The largest absolute Gasteiger partial charge is 0.493 e. The monoisotopic (exact) mass is 238 g/mol. The van der Waals surface area contributed by atoms with Crippen LogP contribution >= 0.6 is 0 Å². The number of carbonyl (C=O) groups excluding carboxylic acids is 1. The maximum Gasteiger partial charge on any atom is 0.250 e. The van der Waals surface area contributed by atoms with Crippen LogP contribution in [0.15, 0.2) is 12.1 Å². The van der Waals surface area contributed by atoms with E-state index in [0.29, 0.717) is 23.8 Å². The molecule has 0 aliphatic carbocycles. The van der Waals surface area contributed by atoms with Crippen molar-refractivity contribution < 1.29 is 14.3 Å². The first kappa shape index (κ1) is 13.2. The molecule has 0 bridgehead atoms. The van der Waals surface area contributed by atoms with Crippen molar-refractivity contribution in [3.05, 3.63) is 17.7 Å². The van der Waals surface area contributed by atoms with Crippen molar-refractivity contribution in [1.29, 1.82) is 0 Å². The highest BCUT2D eigenvalue weighted by Gasteiger charge is 2.13. The van der Waals surface area contributed by atoms with Gasteiger partial charge in [0.05, 0.1) is 19.3 Å². The normalized spacial score (nSPS) is 10.0. The number of amides is 1. The number of carbonyl (C=O) groups is 1. The first-order chi connectivity index (χ1) is 8.10. The SMILES string of the molecule is CCCCOc1cc(N)c(C(N)=O)cc1OC. The molecule has 94 valence electrons. The van der Waals surface area contributed by atoms with Gasteiger partial charge in [0.2, 0.25) is 0 Å². The average Bonchev–Trinajstić information content (AvgIpc) is 2.29. The third-order valence-electron chi connectivity index (χ3n) is 2.36. The molecule has 4 N–H and O–H groups in total. The Morgan fingerprint density at radius 3 is 2.59 bits per heavy atom. The van der Waals surface area contributed by atoms with Crippen LogP contribution in [0.1, 0.15) is 30.1 Å². The number of hydrogen-bond acceptors (Lipinski definition) is 4. The molecular formula is C12H18N2O3. The van der Waals surface area contributed by atoms with Gasteiger partial charge in [0.1, 0.15) is 0 Å². The molecule has 0 heterocycles. The van der Waals surface area contributed by atoms with Crippen LogP contribution in [0.2, 0.25) is 0 Å². The average molecular weight is 238 g/mol. The van der Waals surface area contributed by atoms with Crippen LogP contribution in [-0.4, -0.2) is 19.6 Å². The minimum atomic E-state index is -0.582. The molecule has 0 saturated heterocycles. The van der Waals surface area contributed by atoms with Gasteiger partial charge in [0.25, 0.3) is 5.91 Å². The van der Waals surface area contributed by atoms with Crippen LogP contribution in [0.4, 0.5) is 5.69 Å². The van der Waals surface area contributed by atoms with Gasteiger partial charge < -0.3 is 20.9 Å². The highest BCUT2D eigenvalue weighted by molar-refractivity contribution is 5.98. The number of nitrogen functional groups attached to an aromatic ring is 1. The molecule has 0 aliphatic heterocycles. The van der Waals surface area contributed by atoms with Gasteiger partial charge in [-0.25, -0.2) is 0 Å². The number of unbranched alkanes of at least 4 members (excludes halogenated alkanes) is 1. The number of hydrogen-bond donors (Lipinski definition) is 2. The standard InChI is InChI=1S/C12H18N2O3/c1-3-4-5-17-11-7-9(13)8(12(14)15)6-10(11)16-2/h6-7H,3-5,13H2,1-2H3,(H2,14,15). The van der Waals surface area contributed by atoms with Crippen LogP contribution in [0.5, 0.6) is 11.5 Å². The Labute approximate surface area is 101 Å². The van der Waals surface area contributed by atoms with Crippen molar-refractivity contribution in [2.75, 3.05) is 19.5 Å². The summed E-state index contributed by atoms with van der Waals surface area (Å²) in [5, 5.41) is 0.